The molecule has 0 radical (unpaired) electrons. The van der Waals surface area contributed by atoms with Crippen molar-refractivity contribution in [1.29, 1.82) is 0 Å². The van der Waals surface area contributed by atoms with Gasteiger partial charge in [0.2, 0.25) is 11.5 Å². The maximum absolute atomic E-state index is 13.2. The van der Waals surface area contributed by atoms with Crippen LogP contribution in [0.1, 0.15) is 112 Å². The maximum atomic E-state index is 13.2. The van der Waals surface area contributed by atoms with Crippen molar-refractivity contribution in [1.82, 2.24) is 0 Å². The third-order valence-electron chi connectivity index (χ3n) is 7.63. The van der Waals surface area contributed by atoms with E-state index in [1.165, 1.54) is 12.1 Å². The number of benzene rings is 3. The van der Waals surface area contributed by atoms with Gasteiger partial charge >= 0.3 is 11.9 Å². The van der Waals surface area contributed by atoms with E-state index in [9.17, 15) is 19.8 Å². The zero-order valence-electron chi connectivity index (χ0n) is 29.6. The van der Waals surface area contributed by atoms with E-state index in [1.807, 2.05) is 58.0 Å². The summed E-state index contributed by atoms with van der Waals surface area (Å²) >= 11 is 0. The first-order chi connectivity index (χ1) is 23.8. The van der Waals surface area contributed by atoms with Crippen LogP contribution in [-0.4, -0.2) is 55.2 Å². The molecule has 3 aromatic rings. The SMILES string of the molecule is CCCCOc1cc(C(=O)O)c(-c2c(C(=O)O)cc(OCC)c(OCCCC)c2OCCCC)c(OCc2ccccc2)c1OCCCC. The highest BCUT2D eigenvalue weighted by atomic mass is 16.6. The molecular formula is C39H52O10. The molecule has 0 aliphatic rings. The first kappa shape index (κ1) is 38.8. The minimum absolute atomic E-state index is 0.000494. The van der Waals surface area contributed by atoms with Crippen LogP contribution >= 0.6 is 0 Å². The molecule has 0 atom stereocenters. The van der Waals surface area contributed by atoms with Crippen LogP contribution in [0, 0.1) is 0 Å². The highest BCUT2D eigenvalue weighted by Gasteiger charge is 2.34. The Morgan fingerprint density at radius 3 is 1.37 bits per heavy atom. The second-order valence-electron chi connectivity index (χ2n) is 11.5. The third-order valence-corrected chi connectivity index (χ3v) is 7.63. The van der Waals surface area contributed by atoms with Crippen LogP contribution in [0.2, 0.25) is 0 Å². The molecule has 0 aromatic heterocycles. The third kappa shape index (κ3) is 10.7. The number of hydrogen-bond donors (Lipinski definition) is 2. The van der Waals surface area contributed by atoms with E-state index in [4.69, 9.17) is 28.4 Å². The van der Waals surface area contributed by atoms with E-state index in [2.05, 4.69) is 0 Å². The second kappa shape index (κ2) is 20.7. The number of hydrogen-bond acceptors (Lipinski definition) is 8. The van der Waals surface area contributed by atoms with E-state index < -0.39 is 11.9 Å². The zero-order valence-corrected chi connectivity index (χ0v) is 29.6. The minimum atomic E-state index is -1.31. The Balaban J connectivity index is 2.54. The summed E-state index contributed by atoms with van der Waals surface area (Å²) in [4.78, 5) is 26.3. The van der Waals surface area contributed by atoms with Gasteiger partial charge in [-0.15, -0.1) is 0 Å². The number of ether oxygens (including phenoxy) is 6. The quantitative estimate of drug-likeness (QED) is 0.0883. The highest BCUT2D eigenvalue weighted by Crippen LogP contribution is 2.55. The van der Waals surface area contributed by atoms with E-state index in [1.54, 1.807) is 6.92 Å². The Morgan fingerprint density at radius 2 is 0.939 bits per heavy atom. The molecule has 49 heavy (non-hydrogen) atoms. The fraction of sp³-hybridized carbons (Fsp3) is 0.487. The molecule has 0 aliphatic carbocycles. The lowest BCUT2D eigenvalue weighted by molar-refractivity contribution is 0.0683. The lowest BCUT2D eigenvalue weighted by Crippen LogP contribution is -2.14. The summed E-state index contributed by atoms with van der Waals surface area (Å²) in [6.45, 7) is 11.3. The van der Waals surface area contributed by atoms with Crippen molar-refractivity contribution in [2.75, 3.05) is 33.0 Å². The Hall–Kier alpha value is -4.60. The second-order valence-corrected chi connectivity index (χ2v) is 11.5. The van der Waals surface area contributed by atoms with E-state index in [0.29, 0.717) is 32.7 Å². The Kier molecular flexibility index (Phi) is 16.4. The van der Waals surface area contributed by atoms with Gasteiger partial charge in [-0.3, -0.25) is 0 Å². The molecule has 0 saturated heterocycles. The lowest BCUT2D eigenvalue weighted by atomic mass is 9.91. The minimum Gasteiger partial charge on any atom is -0.490 e. The van der Waals surface area contributed by atoms with Crippen molar-refractivity contribution in [3.8, 4) is 45.6 Å². The fourth-order valence-electron chi connectivity index (χ4n) is 5.00. The predicted octanol–water partition coefficient (Wildman–Crippen LogP) is 9.44. The van der Waals surface area contributed by atoms with Gasteiger partial charge in [0, 0.05) is 11.1 Å². The summed E-state index contributed by atoms with van der Waals surface area (Å²) in [5.74, 6) is -1.72. The van der Waals surface area contributed by atoms with Crippen molar-refractivity contribution < 1.29 is 48.2 Å². The van der Waals surface area contributed by atoms with Gasteiger partial charge in [-0.1, -0.05) is 83.7 Å². The molecule has 3 rings (SSSR count). The van der Waals surface area contributed by atoms with Gasteiger partial charge in [-0.2, -0.15) is 0 Å². The molecule has 3 aromatic carbocycles. The molecule has 0 amide bonds. The van der Waals surface area contributed by atoms with Crippen LogP contribution in [0.5, 0.6) is 34.5 Å². The lowest BCUT2D eigenvalue weighted by Gasteiger charge is -2.26. The summed E-state index contributed by atoms with van der Waals surface area (Å²) in [5.41, 5.74) is 0.341. The Labute approximate surface area is 290 Å². The summed E-state index contributed by atoms with van der Waals surface area (Å²) < 4.78 is 37.6. The molecule has 0 aliphatic heterocycles. The van der Waals surface area contributed by atoms with Crippen LogP contribution in [0.4, 0.5) is 0 Å². The molecule has 0 heterocycles. The number of carboxylic acids is 2. The van der Waals surface area contributed by atoms with Crippen LogP contribution in [0.3, 0.4) is 0 Å². The van der Waals surface area contributed by atoms with Crippen molar-refractivity contribution in [2.45, 2.75) is 92.6 Å². The van der Waals surface area contributed by atoms with Gasteiger partial charge in [0.1, 0.15) is 6.61 Å². The first-order valence-electron chi connectivity index (χ1n) is 17.5. The summed E-state index contributed by atoms with van der Waals surface area (Å²) in [6, 6.07) is 12.2. The Morgan fingerprint density at radius 1 is 0.531 bits per heavy atom. The standard InChI is InChI=1S/C39H52O10/c1-6-11-20-45-31-25-29(39(42)43)33(37(35(31)47-22-13-8-3)49-26-27-18-16-15-17-19-27)32-28(38(40)41)24-30(44-10-5)34(46-21-12-7-2)36(32)48-23-14-9-4/h15-19,24-25H,6-14,20-23,26H2,1-5H3,(H,40,41)(H,42,43). The normalized spacial score (nSPS) is 10.8. The van der Waals surface area contributed by atoms with Crippen LogP contribution in [0.15, 0.2) is 42.5 Å². The number of rotatable bonds is 24. The highest BCUT2D eigenvalue weighted by molar-refractivity contribution is 6.07. The summed E-state index contributed by atoms with van der Waals surface area (Å²) in [7, 11) is 0. The molecule has 10 nitrogen and oxygen atoms in total. The number of aromatic carboxylic acids is 2. The van der Waals surface area contributed by atoms with Gasteiger partial charge in [0.15, 0.2) is 23.0 Å². The summed E-state index contributed by atoms with van der Waals surface area (Å²) in [6.07, 6.45) is 6.21. The van der Waals surface area contributed by atoms with E-state index in [0.717, 1.165) is 44.1 Å². The number of carboxylic acid groups (broad SMARTS) is 2. The number of unbranched alkanes of at least 4 members (excludes halogenated alkanes) is 4. The molecule has 0 unspecified atom stereocenters. The van der Waals surface area contributed by atoms with Crippen molar-refractivity contribution in [2.24, 2.45) is 0 Å². The van der Waals surface area contributed by atoms with Gasteiger partial charge in [-0.05, 0) is 50.3 Å². The molecule has 268 valence electrons. The van der Waals surface area contributed by atoms with Crippen LogP contribution < -0.4 is 28.4 Å². The molecule has 0 saturated carbocycles. The van der Waals surface area contributed by atoms with E-state index >= 15 is 0 Å². The van der Waals surface area contributed by atoms with Crippen molar-refractivity contribution >= 4 is 11.9 Å². The molecule has 0 bridgehead atoms. The van der Waals surface area contributed by atoms with Crippen molar-refractivity contribution in [3.05, 3.63) is 59.2 Å². The average molecular weight is 681 g/mol. The van der Waals surface area contributed by atoms with Gasteiger partial charge in [0.05, 0.1) is 44.2 Å². The van der Waals surface area contributed by atoms with Crippen LogP contribution in [0.25, 0.3) is 11.1 Å². The van der Waals surface area contributed by atoms with Crippen LogP contribution in [-0.2, 0) is 6.61 Å². The van der Waals surface area contributed by atoms with Crippen molar-refractivity contribution in [3.63, 3.8) is 0 Å². The largest absolute Gasteiger partial charge is 0.490 e. The zero-order chi connectivity index (χ0) is 35.6. The average Bonchev–Trinajstić information content (AvgIpc) is 3.09. The predicted molar refractivity (Wildman–Crippen MR) is 189 cm³/mol. The fourth-order valence-corrected chi connectivity index (χ4v) is 5.00. The topological polar surface area (TPSA) is 130 Å². The maximum Gasteiger partial charge on any atom is 0.336 e. The number of carbonyl (C=O) groups is 2. The molecular weight excluding hydrogens is 628 g/mol. The van der Waals surface area contributed by atoms with E-state index in [-0.39, 0.29) is 76.6 Å². The molecule has 0 fully saturated rings. The Bertz CT molecular complexity index is 1490. The van der Waals surface area contributed by atoms with Gasteiger partial charge < -0.3 is 38.6 Å². The van der Waals surface area contributed by atoms with Gasteiger partial charge in [0.25, 0.3) is 0 Å². The first-order valence-corrected chi connectivity index (χ1v) is 17.5. The molecule has 0 spiro atoms. The molecule has 2 N–H and O–H groups in total. The molecule has 10 heteroatoms. The van der Waals surface area contributed by atoms with Gasteiger partial charge in [-0.25, -0.2) is 9.59 Å². The monoisotopic (exact) mass is 680 g/mol. The smallest absolute Gasteiger partial charge is 0.336 e. The summed E-state index contributed by atoms with van der Waals surface area (Å²) in [5, 5.41) is 21.5.